The predicted octanol–water partition coefficient (Wildman–Crippen LogP) is 5.70. The molecular formula is C29H26F4N4O3. The third kappa shape index (κ3) is 6.19. The normalized spacial score (nSPS) is 12.8. The third-order valence-corrected chi connectivity index (χ3v) is 6.33. The second kappa shape index (κ2) is 11.7. The van der Waals surface area contributed by atoms with Crippen LogP contribution in [0.2, 0.25) is 0 Å². The molecule has 0 unspecified atom stereocenters. The average Bonchev–Trinajstić information content (AvgIpc) is 2.92. The van der Waals surface area contributed by atoms with Gasteiger partial charge < -0.3 is 9.74 Å². The number of hydrogen-bond acceptors (Lipinski definition) is 5. The molecule has 0 aliphatic rings. The van der Waals surface area contributed by atoms with Crippen LogP contribution in [0.4, 0.5) is 17.6 Å². The van der Waals surface area contributed by atoms with Crippen molar-refractivity contribution < 1.29 is 27.2 Å². The molecule has 0 radical (unpaired) electrons. The maximum atomic E-state index is 13.7. The molecule has 0 bridgehead atoms. The van der Waals surface area contributed by atoms with E-state index >= 15 is 0 Å². The summed E-state index contributed by atoms with van der Waals surface area (Å²) >= 11 is 0. The number of hydrogen-bond donors (Lipinski definition) is 0. The second-order valence-corrected chi connectivity index (χ2v) is 9.18. The van der Waals surface area contributed by atoms with Crippen LogP contribution in [-0.2, 0) is 22.2 Å². The number of fused-ring (bicyclic) bond motifs is 1. The zero-order valence-corrected chi connectivity index (χ0v) is 21.9. The van der Waals surface area contributed by atoms with Crippen LogP contribution >= 0.6 is 0 Å². The number of nitrogens with zero attached hydrogens (tertiary/aromatic N) is 4. The molecule has 4 aromatic rings. The molecule has 0 saturated heterocycles. The minimum Gasteiger partial charge on any atom is -0.399 e. The lowest BCUT2D eigenvalue weighted by molar-refractivity contribution is -0.137. The number of carbonyl (C=O) groups excluding carboxylic acids is 1. The Morgan fingerprint density at radius 2 is 1.70 bits per heavy atom. The molecule has 0 saturated carbocycles. The van der Waals surface area contributed by atoms with E-state index in [1.54, 1.807) is 38.1 Å². The molecule has 0 fully saturated rings. The van der Waals surface area contributed by atoms with Gasteiger partial charge in [-0.05, 0) is 67.9 Å². The van der Waals surface area contributed by atoms with E-state index in [9.17, 15) is 27.2 Å². The summed E-state index contributed by atoms with van der Waals surface area (Å²) in [4.78, 5) is 38.3. The molecule has 3 aromatic carbocycles. The van der Waals surface area contributed by atoms with Gasteiger partial charge in [-0.15, -0.1) is 0 Å². The van der Waals surface area contributed by atoms with Crippen LogP contribution in [0, 0.1) is 5.82 Å². The van der Waals surface area contributed by atoms with E-state index in [0.29, 0.717) is 27.9 Å². The summed E-state index contributed by atoms with van der Waals surface area (Å²) in [6.07, 6.45) is -4.71. The molecule has 0 spiro atoms. The molecule has 0 aliphatic heterocycles. The summed E-state index contributed by atoms with van der Waals surface area (Å²) in [7, 11) is 1.36. The first-order valence-corrected chi connectivity index (χ1v) is 12.3. The lowest BCUT2D eigenvalue weighted by Crippen LogP contribution is -2.40. The van der Waals surface area contributed by atoms with Gasteiger partial charge in [0.1, 0.15) is 18.8 Å². The first kappa shape index (κ1) is 28.5. The van der Waals surface area contributed by atoms with E-state index in [0.717, 1.165) is 12.1 Å². The maximum absolute atomic E-state index is 13.7. The number of aromatic nitrogens is 2. The second-order valence-electron chi connectivity index (χ2n) is 9.18. The van der Waals surface area contributed by atoms with Crippen molar-refractivity contribution in [2.24, 2.45) is 5.16 Å². The zero-order chi connectivity index (χ0) is 29.0. The lowest BCUT2D eigenvalue weighted by Gasteiger charge is -2.30. The molecule has 4 rings (SSSR count). The molecule has 7 nitrogen and oxygen atoms in total. The van der Waals surface area contributed by atoms with Gasteiger partial charge >= 0.3 is 6.18 Å². The molecule has 1 amide bonds. The van der Waals surface area contributed by atoms with Gasteiger partial charge in [0, 0.05) is 0 Å². The van der Waals surface area contributed by atoms with Crippen LogP contribution in [0.1, 0.15) is 36.8 Å². The van der Waals surface area contributed by atoms with Gasteiger partial charge in [-0.2, -0.15) is 13.2 Å². The first-order chi connectivity index (χ1) is 19.0. The molecule has 40 heavy (non-hydrogen) atoms. The predicted molar refractivity (Wildman–Crippen MR) is 143 cm³/mol. The van der Waals surface area contributed by atoms with Crippen molar-refractivity contribution >= 4 is 22.5 Å². The van der Waals surface area contributed by atoms with Crippen LogP contribution in [0.5, 0.6) is 0 Å². The highest BCUT2D eigenvalue weighted by Gasteiger charge is 2.31. The van der Waals surface area contributed by atoms with Crippen LogP contribution in [0.3, 0.4) is 0 Å². The lowest BCUT2D eigenvalue weighted by atomic mass is 10.1. The zero-order valence-electron chi connectivity index (χ0n) is 21.9. The summed E-state index contributed by atoms with van der Waals surface area (Å²) in [5.41, 5.74) is 0.344. The van der Waals surface area contributed by atoms with Crippen LogP contribution in [0.25, 0.3) is 16.6 Å². The van der Waals surface area contributed by atoms with Crippen molar-refractivity contribution in [3.63, 3.8) is 0 Å². The average molecular weight is 555 g/mol. The van der Waals surface area contributed by atoms with Gasteiger partial charge in [0.05, 0.1) is 46.9 Å². The number of alkyl halides is 3. The topological polar surface area (TPSA) is 76.8 Å². The Hall–Kier alpha value is -4.54. The van der Waals surface area contributed by atoms with Gasteiger partial charge in [0.25, 0.3) is 5.56 Å². The Bertz CT molecular complexity index is 1600. The van der Waals surface area contributed by atoms with Crippen LogP contribution in [0.15, 0.2) is 82.7 Å². The fourth-order valence-corrected chi connectivity index (χ4v) is 4.37. The van der Waals surface area contributed by atoms with Crippen molar-refractivity contribution in [1.29, 1.82) is 0 Å². The highest BCUT2D eigenvalue weighted by atomic mass is 19.4. The van der Waals surface area contributed by atoms with E-state index in [1.165, 1.54) is 53.0 Å². The van der Waals surface area contributed by atoms with Crippen molar-refractivity contribution in [3.05, 3.63) is 106 Å². The molecular weight excluding hydrogens is 528 g/mol. The van der Waals surface area contributed by atoms with Crippen molar-refractivity contribution in [3.8, 4) is 5.69 Å². The van der Waals surface area contributed by atoms with Crippen LogP contribution < -0.4 is 5.56 Å². The summed E-state index contributed by atoms with van der Waals surface area (Å²) in [5.74, 6) is -0.716. The smallest absolute Gasteiger partial charge is 0.399 e. The van der Waals surface area contributed by atoms with E-state index in [1.807, 2.05) is 0 Å². The molecule has 0 aliphatic carbocycles. The minimum atomic E-state index is -4.50. The molecule has 208 valence electrons. The molecule has 11 heteroatoms. The molecule has 1 heterocycles. The SMILES string of the molecule is CON=C(C)CN(C(=O)Cc1ccc(C(F)(F)F)cc1)[C@H](C)c1nc2ccccc2c(=O)n1-c1ccc(F)cc1. The number of rotatable bonds is 8. The summed E-state index contributed by atoms with van der Waals surface area (Å²) in [6.45, 7) is 3.32. The number of carbonyl (C=O) groups is 1. The third-order valence-electron chi connectivity index (χ3n) is 6.33. The molecule has 0 N–H and O–H groups in total. The Balaban J connectivity index is 1.80. The number of halogens is 4. The van der Waals surface area contributed by atoms with Crippen molar-refractivity contribution in [2.45, 2.75) is 32.5 Å². The highest BCUT2D eigenvalue weighted by Crippen LogP contribution is 2.29. The number of para-hydroxylation sites is 1. The summed E-state index contributed by atoms with van der Waals surface area (Å²) in [6, 6.07) is 15.6. The standard InChI is InChI=1S/C29H26F4N4O3/c1-18(35-40-3)17-36(26(38)16-20-8-10-21(11-9-20)29(31,32)33)19(2)27-34-25-7-5-4-6-24(25)28(39)37(27)23-14-12-22(30)13-15-23/h4-15,19H,16-17H2,1-3H3/t19-/m1/s1. The van der Waals surface area contributed by atoms with E-state index < -0.39 is 35.1 Å². The Morgan fingerprint density at radius 1 is 1.05 bits per heavy atom. The van der Waals surface area contributed by atoms with Crippen molar-refractivity contribution in [2.75, 3.05) is 13.7 Å². The summed E-state index contributed by atoms with van der Waals surface area (Å²) in [5, 5.41) is 4.23. The highest BCUT2D eigenvalue weighted by molar-refractivity contribution is 5.89. The molecule has 1 aromatic heterocycles. The van der Waals surface area contributed by atoms with E-state index in [-0.39, 0.29) is 18.8 Å². The number of oxime groups is 1. The van der Waals surface area contributed by atoms with Gasteiger partial charge in [-0.1, -0.05) is 29.4 Å². The summed E-state index contributed by atoms with van der Waals surface area (Å²) < 4.78 is 54.1. The van der Waals surface area contributed by atoms with E-state index in [4.69, 9.17) is 9.82 Å². The fraction of sp³-hybridized carbons (Fsp3) is 0.241. The quantitative estimate of drug-likeness (QED) is 0.159. The van der Waals surface area contributed by atoms with Crippen LogP contribution in [-0.4, -0.2) is 39.7 Å². The monoisotopic (exact) mass is 554 g/mol. The first-order valence-electron chi connectivity index (χ1n) is 12.3. The van der Waals surface area contributed by atoms with Crippen molar-refractivity contribution in [1.82, 2.24) is 14.5 Å². The Morgan fingerprint density at radius 3 is 2.33 bits per heavy atom. The van der Waals surface area contributed by atoms with Gasteiger partial charge in [0.15, 0.2) is 0 Å². The fourth-order valence-electron chi connectivity index (χ4n) is 4.37. The largest absolute Gasteiger partial charge is 0.416 e. The van der Waals surface area contributed by atoms with Gasteiger partial charge in [-0.3, -0.25) is 14.2 Å². The maximum Gasteiger partial charge on any atom is 0.416 e. The Labute approximate surface area is 227 Å². The van der Waals surface area contributed by atoms with Gasteiger partial charge in [-0.25, -0.2) is 9.37 Å². The molecule has 1 atom stereocenters. The Kier molecular flexibility index (Phi) is 8.32. The minimum absolute atomic E-state index is 0.0133. The van der Waals surface area contributed by atoms with Gasteiger partial charge in [0.2, 0.25) is 5.91 Å². The number of amides is 1. The van der Waals surface area contributed by atoms with E-state index in [2.05, 4.69) is 5.16 Å². The number of benzene rings is 3.